The molecular formula is C20H24N2O3S. The second-order valence-corrected chi connectivity index (χ2v) is 8.50. The zero-order chi connectivity index (χ0) is 18.7. The maximum Gasteiger partial charge on any atom is 0.240 e. The monoisotopic (exact) mass is 372 g/mol. The SMILES string of the molecule is CC(=O)N1CCCc2cc(S(=O)(=O)NC[C@H](C)c3ccccc3)ccc21. The average molecular weight is 372 g/mol. The molecule has 0 unspecified atom stereocenters. The van der Waals surface area contributed by atoms with E-state index in [9.17, 15) is 13.2 Å². The van der Waals surface area contributed by atoms with Crippen LogP contribution in [0, 0.1) is 0 Å². The Morgan fingerprint density at radius 1 is 1.19 bits per heavy atom. The number of nitrogens with one attached hydrogen (secondary N) is 1. The fourth-order valence-corrected chi connectivity index (χ4v) is 4.47. The van der Waals surface area contributed by atoms with Crippen LogP contribution in [0.5, 0.6) is 0 Å². The van der Waals surface area contributed by atoms with Crippen LogP contribution in [-0.2, 0) is 21.2 Å². The molecule has 1 aliphatic heterocycles. The molecule has 0 bridgehead atoms. The van der Waals surface area contributed by atoms with E-state index in [-0.39, 0.29) is 16.7 Å². The van der Waals surface area contributed by atoms with Crippen molar-refractivity contribution < 1.29 is 13.2 Å². The second-order valence-electron chi connectivity index (χ2n) is 6.73. The molecule has 0 saturated heterocycles. The van der Waals surface area contributed by atoms with Gasteiger partial charge in [-0.1, -0.05) is 37.3 Å². The van der Waals surface area contributed by atoms with Gasteiger partial charge in [-0.2, -0.15) is 0 Å². The number of carbonyl (C=O) groups is 1. The van der Waals surface area contributed by atoms with Crippen LogP contribution in [0.3, 0.4) is 0 Å². The number of carbonyl (C=O) groups excluding carboxylic acids is 1. The van der Waals surface area contributed by atoms with Gasteiger partial charge in [0.2, 0.25) is 15.9 Å². The lowest BCUT2D eigenvalue weighted by molar-refractivity contribution is -0.116. The summed E-state index contributed by atoms with van der Waals surface area (Å²) in [5.74, 6) is 0.0631. The van der Waals surface area contributed by atoms with Crippen LogP contribution in [0.1, 0.15) is 37.3 Å². The Morgan fingerprint density at radius 3 is 2.62 bits per heavy atom. The maximum atomic E-state index is 12.7. The van der Waals surface area contributed by atoms with E-state index in [2.05, 4.69) is 4.72 Å². The first-order valence-corrected chi connectivity index (χ1v) is 10.3. The van der Waals surface area contributed by atoms with Gasteiger partial charge in [0, 0.05) is 25.7 Å². The normalized spacial score (nSPS) is 15.4. The summed E-state index contributed by atoms with van der Waals surface area (Å²) in [7, 11) is -3.59. The van der Waals surface area contributed by atoms with Crippen molar-refractivity contribution in [3.05, 3.63) is 59.7 Å². The van der Waals surface area contributed by atoms with Crippen LogP contribution in [0.4, 0.5) is 5.69 Å². The van der Waals surface area contributed by atoms with Gasteiger partial charge in [0.05, 0.1) is 4.90 Å². The molecule has 0 saturated carbocycles. The molecule has 0 fully saturated rings. The van der Waals surface area contributed by atoms with Crippen LogP contribution in [-0.4, -0.2) is 27.4 Å². The molecule has 1 aliphatic rings. The van der Waals surface area contributed by atoms with Crippen LogP contribution in [0.15, 0.2) is 53.4 Å². The van der Waals surface area contributed by atoms with Crippen molar-refractivity contribution >= 4 is 21.6 Å². The lowest BCUT2D eigenvalue weighted by Crippen LogP contribution is -2.34. The van der Waals surface area contributed by atoms with Crippen LogP contribution < -0.4 is 9.62 Å². The first kappa shape index (κ1) is 18.6. The standard InChI is InChI=1S/C20H24N2O3S/c1-15(17-7-4-3-5-8-17)14-21-26(24,25)19-10-11-20-18(13-19)9-6-12-22(20)16(2)23/h3-5,7-8,10-11,13,15,21H,6,9,12,14H2,1-2H3/t15-/m0/s1. The van der Waals surface area contributed by atoms with Crippen molar-refractivity contribution in [1.82, 2.24) is 4.72 Å². The predicted molar refractivity (Wildman–Crippen MR) is 103 cm³/mol. The van der Waals surface area contributed by atoms with Crippen molar-refractivity contribution in [3.63, 3.8) is 0 Å². The molecular weight excluding hydrogens is 348 g/mol. The maximum absolute atomic E-state index is 12.7. The highest BCUT2D eigenvalue weighted by molar-refractivity contribution is 7.89. The summed E-state index contributed by atoms with van der Waals surface area (Å²) in [5, 5.41) is 0. The van der Waals surface area contributed by atoms with Crippen molar-refractivity contribution in [1.29, 1.82) is 0 Å². The first-order valence-electron chi connectivity index (χ1n) is 8.84. The van der Waals surface area contributed by atoms with Gasteiger partial charge in [-0.25, -0.2) is 13.1 Å². The van der Waals surface area contributed by atoms with Crippen molar-refractivity contribution in [2.24, 2.45) is 0 Å². The Labute approximate surface area is 155 Å². The van der Waals surface area contributed by atoms with E-state index >= 15 is 0 Å². The Bertz CT molecular complexity index is 895. The van der Waals surface area contributed by atoms with E-state index in [0.29, 0.717) is 13.1 Å². The van der Waals surface area contributed by atoms with Gasteiger partial charge in [0.1, 0.15) is 0 Å². The molecule has 3 rings (SSSR count). The molecule has 138 valence electrons. The lowest BCUT2D eigenvalue weighted by Gasteiger charge is -2.28. The molecule has 0 spiro atoms. The minimum Gasteiger partial charge on any atom is -0.312 e. The molecule has 6 heteroatoms. The third-order valence-corrected chi connectivity index (χ3v) is 6.23. The molecule has 1 N–H and O–H groups in total. The van der Waals surface area contributed by atoms with E-state index in [1.165, 1.54) is 6.92 Å². The number of fused-ring (bicyclic) bond motifs is 1. The van der Waals surface area contributed by atoms with Gasteiger partial charge >= 0.3 is 0 Å². The third-order valence-electron chi connectivity index (χ3n) is 4.81. The van der Waals surface area contributed by atoms with Crippen molar-refractivity contribution in [3.8, 4) is 0 Å². The number of sulfonamides is 1. The Balaban J connectivity index is 1.76. The minimum absolute atomic E-state index is 0.0173. The molecule has 0 radical (unpaired) electrons. The number of hydrogen-bond acceptors (Lipinski definition) is 3. The third kappa shape index (κ3) is 3.97. The average Bonchev–Trinajstić information content (AvgIpc) is 2.65. The molecule has 26 heavy (non-hydrogen) atoms. The fourth-order valence-electron chi connectivity index (χ4n) is 3.29. The summed E-state index contributed by atoms with van der Waals surface area (Å²) in [6.45, 7) is 4.55. The summed E-state index contributed by atoms with van der Waals surface area (Å²) >= 11 is 0. The van der Waals surface area contributed by atoms with Crippen LogP contribution in [0.25, 0.3) is 0 Å². The number of amides is 1. The highest BCUT2D eigenvalue weighted by Gasteiger charge is 2.23. The van der Waals surface area contributed by atoms with Crippen LogP contribution in [0.2, 0.25) is 0 Å². The molecule has 1 heterocycles. The smallest absolute Gasteiger partial charge is 0.240 e. The van der Waals surface area contributed by atoms with E-state index in [1.54, 1.807) is 23.1 Å². The summed E-state index contributed by atoms with van der Waals surface area (Å²) < 4.78 is 28.1. The van der Waals surface area contributed by atoms with Gasteiger partial charge in [0.25, 0.3) is 0 Å². The van der Waals surface area contributed by atoms with Gasteiger partial charge in [-0.15, -0.1) is 0 Å². The number of hydrogen-bond donors (Lipinski definition) is 1. The van der Waals surface area contributed by atoms with E-state index < -0.39 is 10.0 Å². The van der Waals surface area contributed by atoms with E-state index in [1.807, 2.05) is 37.3 Å². The van der Waals surface area contributed by atoms with E-state index in [0.717, 1.165) is 29.7 Å². The summed E-state index contributed by atoms with van der Waals surface area (Å²) in [4.78, 5) is 13.7. The summed E-state index contributed by atoms with van der Waals surface area (Å²) in [5.41, 5.74) is 2.82. The van der Waals surface area contributed by atoms with E-state index in [4.69, 9.17) is 0 Å². The zero-order valence-electron chi connectivity index (χ0n) is 15.1. The zero-order valence-corrected chi connectivity index (χ0v) is 15.9. The van der Waals surface area contributed by atoms with Gasteiger partial charge in [0.15, 0.2) is 0 Å². The Hall–Kier alpha value is -2.18. The number of benzene rings is 2. The molecule has 1 amide bonds. The van der Waals surface area contributed by atoms with Crippen molar-refractivity contribution in [2.75, 3.05) is 18.0 Å². The molecule has 0 aromatic heterocycles. The minimum atomic E-state index is -3.59. The molecule has 0 aliphatic carbocycles. The van der Waals surface area contributed by atoms with Crippen LogP contribution >= 0.6 is 0 Å². The fraction of sp³-hybridized carbons (Fsp3) is 0.350. The summed E-state index contributed by atoms with van der Waals surface area (Å²) in [6, 6.07) is 14.8. The molecule has 1 atom stereocenters. The van der Waals surface area contributed by atoms with Gasteiger partial charge in [-0.3, -0.25) is 4.79 Å². The Kier molecular flexibility index (Phi) is 5.44. The number of rotatable bonds is 5. The number of aryl methyl sites for hydroxylation is 1. The second kappa shape index (κ2) is 7.60. The highest BCUT2D eigenvalue weighted by Crippen LogP contribution is 2.29. The molecule has 2 aromatic rings. The number of anilines is 1. The molecule has 5 nitrogen and oxygen atoms in total. The van der Waals surface area contributed by atoms with Crippen molar-refractivity contribution in [2.45, 2.75) is 37.5 Å². The molecule has 2 aromatic carbocycles. The quantitative estimate of drug-likeness (QED) is 0.877. The lowest BCUT2D eigenvalue weighted by atomic mass is 10.0. The van der Waals surface area contributed by atoms with Gasteiger partial charge in [-0.05, 0) is 48.1 Å². The highest BCUT2D eigenvalue weighted by atomic mass is 32.2. The first-order chi connectivity index (χ1) is 12.4. The predicted octanol–water partition coefficient (Wildman–Crippen LogP) is 3.07. The summed E-state index contributed by atoms with van der Waals surface area (Å²) in [6.07, 6.45) is 1.62. The number of nitrogens with zero attached hydrogens (tertiary/aromatic N) is 1. The topological polar surface area (TPSA) is 66.5 Å². The largest absolute Gasteiger partial charge is 0.312 e. The Morgan fingerprint density at radius 2 is 1.92 bits per heavy atom. The van der Waals surface area contributed by atoms with Gasteiger partial charge < -0.3 is 4.90 Å².